The van der Waals surface area contributed by atoms with Crippen molar-refractivity contribution in [3.63, 3.8) is 0 Å². The molecule has 5 heteroatoms. The van der Waals surface area contributed by atoms with Gasteiger partial charge in [-0.3, -0.25) is 0 Å². The van der Waals surface area contributed by atoms with Crippen LogP contribution in [-0.4, -0.2) is 41.4 Å². The maximum atomic E-state index is 11.2. The number of carbonyl (C=O) groups is 1. The lowest BCUT2D eigenvalue weighted by molar-refractivity contribution is 0.147. The first kappa shape index (κ1) is 10.4. The molecule has 2 amide bonds. The molecule has 2 aliphatic heterocycles. The summed E-state index contributed by atoms with van der Waals surface area (Å²) in [6, 6.07) is 0.267. The van der Waals surface area contributed by atoms with Crippen molar-refractivity contribution in [3.05, 3.63) is 0 Å². The van der Waals surface area contributed by atoms with Gasteiger partial charge in [0.1, 0.15) is 11.4 Å². The van der Waals surface area contributed by atoms with E-state index in [0.29, 0.717) is 11.9 Å². The summed E-state index contributed by atoms with van der Waals surface area (Å²) in [7, 11) is 0. The molecular weight excluding hydrogens is 192 g/mol. The third-order valence-corrected chi connectivity index (χ3v) is 3.44. The van der Waals surface area contributed by atoms with Gasteiger partial charge in [-0.05, 0) is 26.7 Å². The Labute approximate surface area is 89.7 Å². The molecule has 3 N–H and O–H groups in total. The molecule has 0 bridgehead atoms. The molecule has 2 aliphatic rings. The predicted octanol–water partition coefficient (Wildman–Crippen LogP) is 0.310. The van der Waals surface area contributed by atoms with Crippen LogP contribution in [-0.2, 0) is 0 Å². The average molecular weight is 210 g/mol. The topological polar surface area (TPSA) is 70.7 Å². The molecule has 0 aliphatic carbocycles. The van der Waals surface area contributed by atoms with Crippen LogP contribution in [0.5, 0.6) is 0 Å². The minimum Gasteiger partial charge on any atom is -0.385 e. The predicted molar refractivity (Wildman–Crippen MR) is 58.8 cm³/mol. The first-order valence-electron chi connectivity index (χ1n) is 5.44. The SMILES string of the molecule is CC(C)N1CCC2(CC1)NC(=O)N=C2N. The molecule has 2 rings (SSSR count). The van der Waals surface area contributed by atoms with Crippen molar-refractivity contribution in [2.75, 3.05) is 13.1 Å². The lowest BCUT2D eigenvalue weighted by Crippen LogP contribution is -2.58. The van der Waals surface area contributed by atoms with Gasteiger partial charge in [-0.2, -0.15) is 4.99 Å². The number of urea groups is 1. The van der Waals surface area contributed by atoms with Gasteiger partial charge < -0.3 is 16.0 Å². The van der Waals surface area contributed by atoms with E-state index in [-0.39, 0.29) is 11.6 Å². The maximum Gasteiger partial charge on any atom is 0.343 e. The molecule has 15 heavy (non-hydrogen) atoms. The Hall–Kier alpha value is -1.10. The Morgan fingerprint density at radius 3 is 2.47 bits per heavy atom. The number of piperidine rings is 1. The van der Waals surface area contributed by atoms with E-state index in [2.05, 4.69) is 29.1 Å². The monoisotopic (exact) mass is 210 g/mol. The Kier molecular flexibility index (Phi) is 2.42. The van der Waals surface area contributed by atoms with Gasteiger partial charge in [0.2, 0.25) is 0 Å². The highest BCUT2D eigenvalue weighted by Crippen LogP contribution is 2.26. The molecule has 5 nitrogen and oxygen atoms in total. The lowest BCUT2D eigenvalue weighted by atomic mass is 9.86. The van der Waals surface area contributed by atoms with Crippen molar-refractivity contribution in [1.82, 2.24) is 10.2 Å². The molecule has 0 aromatic carbocycles. The van der Waals surface area contributed by atoms with E-state index in [4.69, 9.17) is 5.73 Å². The average Bonchev–Trinajstić information content (AvgIpc) is 2.42. The van der Waals surface area contributed by atoms with Crippen LogP contribution in [0.4, 0.5) is 4.79 Å². The van der Waals surface area contributed by atoms with Gasteiger partial charge in [-0.25, -0.2) is 4.79 Å². The van der Waals surface area contributed by atoms with Gasteiger partial charge in [0.25, 0.3) is 0 Å². The van der Waals surface area contributed by atoms with Crippen molar-refractivity contribution in [2.45, 2.75) is 38.3 Å². The van der Waals surface area contributed by atoms with Crippen molar-refractivity contribution in [3.8, 4) is 0 Å². The summed E-state index contributed by atoms with van der Waals surface area (Å²) in [6.07, 6.45) is 1.73. The van der Waals surface area contributed by atoms with E-state index in [9.17, 15) is 4.79 Å². The van der Waals surface area contributed by atoms with Crippen LogP contribution >= 0.6 is 0 Å². The lowest BCUT2D eigenvalue weighted by Gasteiger charge is -2.40. The molecular formula is C10H18N4O. The summed E-state index contributed by atoms with van der Waals surface area (Å²) in [5.74, 6) is 0.468. The van der Waals surface area contributed by atoms with Crippen molar-refractivity contribution in [2.24, 2.45) is 10.7 Å². The summed E-state index contributed by atoms with van der Waals surface area (Å²) in [6.45, 7) is 6.30. The highest BCUT2D eigenvalue weighted by molar-refractivity contribution is 6.05. The number of aliphatic imine (C=N–C) groups is 1. The third kappa shape index (κ3) is 1.71. The van der Waals surface area contributed by atoms with Gasteiger partial charge in [0, 0.05) is 19.1 Å². The number of amides is 2. The van der Waals surface area contributed by atoms with Crippen LogP contribution in [0.25, 0.3) is 0 Å². The first-order chi connectivity index (χ1) is 7.03. The van der Waals surface area contributed by atoms with Gasteiger partial charge in [0.15, 0.2) is 0 Å². The van der Waals surface area contributed by atoms with Gasteiger partial charge in [-0.1, -0.05) is 0 Å². The summed E-state index contributed by atoms with van der Waals surface area (Å²) in [5, 5.41) is 2.88. The van der Waals surface area contributed by atoms with E-state index in [0.717, 1.165) is 25.9 Å². The Bertz CT molecular complexity index is 303. The highest BCUT2D eigenvalue weighted by atomic mass is 16.2. The van der Waals surface area contributed by atoms with Gasteiger partial charge >= 0.3 is 6.03 Å². The normalized spacial score (nSPS) is 25.8. The molecule has 1 fully saturated rings. The largest absolute Gasteiger partial charge is 0.385 e. The summed E-state index contributed by atoms with van der Waals surface area (Å²) in [4.78, 5) is 17.3. The smallest absolute Gasteiger partial charge is 0.343 e. The first-order valence-corrected chi connectivity index (χ1v) is 5.44. The molecule has 1 spiro atoms. The molecule has 0 atom stereocenters. The second-order valence-corrected chi connectivity index (χ2v) is 4.64. The molecule has 0 aromatic rings. The van der Waals surface area contributed by atoms with E-state index in [1.54, 1.807) is 0 Å². The fourth-order valence-corrected chi connectivity index (χ4v) is 2.32. The number of amidine groups is 1. The zero-order chi connectivity index (χ0) is 11.1. The number of likely N-dealkylation sites (tertiary alicyclic amines) is 1. The number of carbonyl (C=O) groups excluding carboxylic acids is 1. The van der Waals surface area contributed by atoms with Crippen LogP contribution in [0, 0.1) is 0 Å². The number of hydrogen-bond donors (Lipinski definition) is 2. The van der Waals surface area contributed by atoms with Gasteiger partial charge in [0.05, 0.1) is 0 Å². The third-order valence-electron chi connectivity index (χ3n) is 3.44. The second-order valence-electron chi connectivity index (χ2n) is 4.64. The fraction of sp³-hybridized carbons (Fsp3) is 0.800. The van der Waals surface area contributed by atoms with Crippen molar-refractivity contribution < 1.29 is 4.79 Å². The molecule has 2 heterocycles. The van der Waals surface area contributed by atoms with E-state index in [1.165, 1.54) is 0 Å². The van der Waals surface area contributed by atoms with Crippen LogP contribution in [0.15, 0.2) is 4.99 Å². The number of nitrogens with one attached hydrogen (secondary N) is 1. The minimum absolute atomic E-state index is 0.287. The van der Waals surface area contributed by atoms with Crippen LogP contribution in [0.1, 0.15) is 26.7 Å². The summed E-state index contributed by atoms with van der Waals surface area (Å²) >= 11 is 0. The molecule has 84 valence electrons. The van der Waals surface area contributed by atoms with Crippen molar-refractivity contribution >= 4 is 11.9 Å². The van der Waals surface area contributed by atoms with E-state index in [1.807, 2.05) is 0 Å². The van der Waals surface area contributed by atoms with E-state index < -0.39 is 0 Å². The Balaban J connectivity index is 2.04. The molecule has 0 radical (unpaired) electrons. The van der Waals surface area contributed by atoms with E-state index >= 15 is 0 Å². The standard InChI is InChI=1S/C10H18N4O/c1-7(2)14-5-3-10(4-6-14)8(11)12-9(15)13-10/h7H,3-6H2,1-2H3,(H3,11,12,13,15). The molecule has 0 unspecified atom stereocenters. The van der Waals surface area contributed by atoms with Crippen LogP contribution < -0.4 is 11.1 Å². The number of nitrogens with two attached hydrogens (primary N) is 1. The summed E-state index contributed by atoms with van der Waals surface area (Å²) < 4.78 is 0. The zero-order valence-corrected chi connectivity index (χ0v) is 9.29. The molecule has 0 saturated carbocycles. The minimum atomic E-state index is -0.345. The number of nitrogens with zero attached hydrogens (tertiary/aromatic N) is 2. The second kappa shape index (κ2) is 3.48. The van der Waals surface area contributed by atoms with Gasteiger partial charge in [-0.15, -0.1) is 0 Å². The fourth-order valence-electron chi connectivity index (χ4n) is 2.32. The maximum absolute atomic E-state index is 11.2. The quantitative estimate of drug-likeness (QED) is 0.654. The Morgan fingerprint density at radius 1 is 1.47 bits per heavy atom. The van der Waals surface area contributed by atoms with Crippen molar-refractivity contribution in [1.29, 1.82) is 0 Å². The number of hydrogen-bond acceptors (Lipinski definition) is 3. The molecule has 0 aromatic heterocycles. The zero-order valence-electron chi connectivity index (χ0n) is 9.29. The Morgan fingerprint density at radius 2 is 2.07 bits per heavy atom. The molecule has 1 saturated heterocycles. The highest BCUT2D eigenvalue weighted by Gasteiger charge is 2.43. The van der Waals surface area contributed by atoms with Crippen LogP contribution in [0.3, 0.4) is 0 Å². The summed E-state index contributed by atoms with van der Waals surface area (Å²) in [5.41, 5.74) is 5.46. The van der Waals surface area contributed by atoms with Crippen LogP contribution in [0.2, 0.25) is 0 Å². The number of rotatable bonds is 1.